The van der Waals surface area contributed by atoms with E-state index in [1.165, 1.54) is 32.1 Å². The molecule has 1 aliphatic heterocycles. The lowest BCUT2D eigenvalue weighted by molar-refractivity contribution is -0.0563. The van der Waals surface area contributed by atoms with Crippen molar-refractivity contribution in [1.82, 2.24) is 10.2 Å². The van der Waals surface area contributed by atoms with Crippen LogP contribution >= 0.6 is 11.6 Å². The summed E-state index contributed by atoms with van der Waals surface area (Å²) in [7, 11) is 1.70. The van der Waals surface area contributed by atoms with E-state index in [1.54, 1.807) is 7.11 Å². The van der Waals surface area contributed by atoms with Crippen molar-refractivity contribution >= 4 is 17.6 Å². The van der Waals surface area contributed by atoms with E-state index < -0.39 is 5.60 Å². The van der Waals surface area contributed by atoms with Crippen molar-refractivity contribution < 1.29 is 14.6 Å². The van der Waals surface area contributed by atoms with Crippen LogP contribution in [-0.4, -0.2) is 55.4 Å². The monoisotopic (exact) mass is 493 g/mol. The first-order valence-electron chi connectivity index (χ1n) is 13.2. The zero-order chi connectivity index (χ0) is 24.4. The number of urea groups is 1. The molecule has 1 aromatic rings. The molecule has 3 rings (SSSR count). The highest BCUT2D eigenvalue weighted by molar-refractivity contribution is 6.30. The van der Waals surface area contributed by atoms with Gasteiger partial charge < -0.3 is 25.8 Å². The first kappa shape index (κ1) is 27.3. The molecular weight excluding hydrogens is 450 g/mol. The third kappa shape index (κ3) is 7.84. The Hall–Kier alpha value is -1.34. The van der Waals surface area contributed by atoms with Gasteiger partial charge >= 0.3 is 6.03 Å². The molecule has 0 radical (unpaired) electrons. The van der Waals surface area contributed by atoms with Crippen LogP contribution in [-0.2, 0) is 10.3 Å². The number of carbonyl (C=O) groups excluding carboxylic acids is 1. The number of hydrogen-bond donors (Lipinski definition) is 3. The molecular formula is C27H44ClN3O3. The summed E-state index contributed by atoms with van der Waals surface area (Å²) in [5.41, 5.74) is 6.15. The molecule has 6 nitrogen and oxygen atoms in total. The third-order valence-corrected chi connectivity index (χ3v) is 7.98. The van der Waals surface area contributed by atoms with Crippen molar-refractivity contribution in [3.05, 3.63) is 34.9 Å². The van der Waals surface area contributed by atoms with E-state index in [4.69, 9.17) is 22.1 Å². The summed E-state index contributed by atoms with van der Waals surface area (Å²) in [6.45, 7) is 2.41. The van der Waals surface area contributed by atoms with E-state index in [2.05, 4.69) is 5.32 Å². The molecule has 2 fully saturated rings. The van der Waals surface area contributed by atoms with Crippen LogP contribution in [0.15, 0.2) is 24.3 Å². The Bertz CT molecular complexity index is 758. The van der Waals surface area contributed by atoms with E-state index in [9.17, 15) is 9.90 Å². The second-order valence-electron chi connectivity index (χ2n) is 10.4. The second kappa shape index (κ2) is 13.7. The number of unbranched alkanes of at least 4 members (excludes halogenated alkanes) is 1. The van der Waals surface area contributed by atoms with Crippen LogP contribution in [0.3, 0.4) is 0 Å². The molecule has 34 heavy (non-hydrogen) atoms. The largest absolute Gasteiger partial charge is 0.385 e. The Balaban J connectivity index is 1.59. The van der Waals surface area contributed by atoms with Crippen LogP contribution in [0.5, 0.6) is 0 Å². The summed E-state index contributed by atoms with van der Waals surface area (Å²) in [4.78, 5) is 14.9. The van der Waals surface area contributed by atoms with Gasteiger partial charge in [-0.1, -0.05) is 55.8 Å². The van der Waals surface area contributed by atoms with Crippen LogP contribution in [0.2, 0.25) is 5.02 Å². The number of benzene rings is 1. The Morgan fingerprint density at radius 1 is 1.26 bits per heavy atom. The highest BCUT2D eigenvalue weighted by Crippen LogP contribution is 2.40. The maximum Gasteiger partial charge on any atom is 0.317 e. The number of amides is 2. The van der Waals surface area contributed by atoms with E-state index >= 15 is 0 Å². The SMILES string of the molecule is COCCCCC(O)(c1cccc(Cl)c1)C1CCCN(C(=O)NCC(N)CC2CCCCC2)C1. The first-order chi connectivity index (χ1) is 16.4. The fraction of sp³-hybridized carbons (Fsp3) is 0.741. The number of rotatable bonds is 11. The topological polar surface area (TPSA) is 87.8 Å². The van der Waals surface area contributed by atoms with Gasteiger partial charge in [0.05, 0.1) is 5.60 Å². The maximum atomic E-state index is 13.0. The van der Waals surface area contributed by atoms with Gasteiger partial charge in [-0.15, -0.1) is 0 Å². The zero-order valence-corrected chi connectivity index (χ0v) is 21.6. The fourth-order valence-corrected chi connectivity index (χ4v) is 5.99. The number of nitrogens with two attached hydrogens (primary N) is 1. The number of piperidine rings is 1. The summed E-state index contributed by atoms with van der Waals surface area (Å²) < 4.78 is 5.20. The van der Waals surface area contributed by atoms with Crippen molar-refractivity contribution in [3.63, 3.8) is 0 Å². The van der Waals surface area contributed by atoms with Crippen LogP contribution in [0.4, 0.5) is 4.79 Å². The molecule has 1 saturated carbocycles. The molecule has 0 aromatic heterocycles. The van der Waals surface area contributed by atoms with Gasteiger partial charge in [-0.3, -0.25) is 0 Å². The molecule has 1 saturated heterocycles. The minimum atomic E-state index is -1.03. The van der Waals surface area contributed by atoms with Crippen LogP contribution in [0.1, 0.15) is 76.2 Å². The first-order valence-corrected chi connectivity index (χ1v) is 13.6. The van der Waals surface area contributed by atoms with Gasteiger partial charge in [0.15, 0.2) is 0 Å². The highest BCUT2D eigenvalue weighted by Gasteiger charge is 2.41. The Morgan fingerprint density at radius 3 is 2.79 bits per heavy atom. The summed E-state index contributed by atoms with van der Waals surface area (Å²) in [6, 6.07) is 7.45. The predicted octanol–water partition coefficient (Wildman–Crippen LogP) is 5.06. The van der Waals surface area contributed by atoms with Gasteiger partial charge in [-0.2, -0.15) is 0 Å². The van der Waals surface area contributed by atoms with E-state index in [-0.39, 0.29) is 18.0 Å². The normalized spacial score (nSPS) is 22.2. The van der Waals surface area contributed by atoms with Crippen molar-refractivity contribution in [2.75, 3.05) is 33.4 Å². The van der Waals surface area contributed by atoms with Crippen molar-refractivity contribution in [1.29, 1.82) is 0 Å². The standard InChI is InChI=1S/C27H44ClN3O3/c1-34-16-6-5-14-27(33,22-11-7-13-24(28)18-22)23-12-8-15-31(20-23)26(32)30-19-25(29)17-21-9-3-2-4-10-21/h7,11,13,18,21,23,25,33H,2-6,8-10,12,14-17,19-20,29H2,1H3,(H,30,32). The van der Waals surface area contributed by atoms with E-state index in [0.717, 1.165) is 37.7 Å². The molecule has 1 aliphatic carbocycles. The Morgan fingerprint density at radius 2 is 2.06 bits per heavy atom. The number of methoxy groups -OCH3 is 1. The van der Waals surface area contributed by atoms with E-state index in [1.807, 2.05) is 29.2 Å². The molecule has 3 atom stereocenters. The lowest BCUT2D eigenvalue weighted by Gasteiger charge is -2.43. The van der Waals surface area contributed by atoms with Gasteiger partial charge in [0.25, 0.3) is 0 Å². The van der Waals surface area contributed by atoms with E-state index in [0.29, 0.717) is 43.6 Å². The number of halogens is 1. The van der Waals surface area contributed by atoms with Gasteiger partial charge in [0, 0.05) is 50.3 Å². The van der Waals surface area contributed by atoms with Crippen molar-refractivity contribution in [3.8, 4) is 0 Å². The van der Waals surface area contributed by atoms with Crippen molar-refractivity contribution in [2.24, 2.45) is 17.6 Å². The lowest BCUT2D eigenvalue weighted by atomic mass is 9.74. The van der Waals surface area contributed by atoms with Gasteiger partial charge in [0.1, 0.15) is 0 Å². The summed E-state index contributed by atoms with van der Waals surface area (Å²) in [5.74, 6) is 0.648. The van der Waals surface area contributed by atoms with Crippen molar-refractivity contribution in [2.45, 2.75) is 82.3 Å². The average molecular weight is 494 g/mol. The molecule has 0 bridgehead atoms. The molecule has 1 aromatic carbocycles. The smallest absolute Gasteiger partial charge is 0.317 e. The Kier molecular flexibility index (Phi) is 11.0. The minimum absolute atomic E-state index is 0.00295. The molecule has 4 N–H and O–H groups in total. The number of likely N-dealkylation sites (tertiary alicyclic amines) is 1. The van der Waals surface area contributed by atoms with Gasteiger partial charge in [-0.05, 0) is 62.1 Å². The molecule has 1 heterocycles. The zero-order valence-electron chi connectivity index (χ0n) is 20.8. The van der Waals surface area contributed by atoms with Crippen LogP contribution in [0.25, 0.3) is 0 Å². The average Bonchev–Trinajstić information content (AvgIpc) is 2.86. The molecule has 3 unspecified atom stereocenters. The minimum Gasteiger partial charge on any atom is -0.385 e. The van der Waals surface area contributed by atoms with Gasteiger partial charge in [-0.25, -0.2) is 4.79 Å². The number of hydrogen-bond acceptors (Lipinski definition) is 4. The number of ether oxygens (including phenoxy) is 1. The number of nitrogens with zero attached hydrogens (tertiary/aromatic N) is 1. The highest BCUT2D eigenvalue weighted by atomic mass is 35.5. The predicted molar refractivity (Wildman–Crippen MR) is 138 cm³/mol. The number of carbonyl (C=O) groups is 1. The molecule has 7 heteroatoms. The summed E-state index contributed by atoms with van der Waals surface area (Å²) >= 11 is 6.28. The fourth-order valence-electron chi connectivity index (χ4n) is 5.80. The lowest BCUT2D eigenvalue weighted by Crippen LogP contribution is -2.52. The third-order valence-electron chi connectivity index (χ3n) is 7.74. The van der Waals surface area contributed by atoms with Crippen LogP contribution in [0, 0.1) is 11.8 Å². The molecule has 2 amide bonds. The molecule has 2 aliphatic rings. The Labute approximate surface area is 210 Å². The summed E-state index contributed by atoms with van der Waals surface area (Å²) in [6.07, 6.45) is 11.5. The second-order valence-corrected chi connectivity index (χ2v) is 10.8. The molecule has 192 valence electrons. The molecule has 0 spiro atoms. The van der Waals surface area contributed by atoms with Crippen LogP contribution < -0.4 is 11.1 Å². The maximum absolute atomic E-state index is 13.0. The number of nitrogens with one attached hydrogen (secondary N) is 1. The van der Waals surface area contributed by atoms with Gasteiger partial charge in [0.2, 0.25) is 0 Å². The quantitative estimate of drug-likeness (QED) is 0.376. The number of aliphatic hydroxyl groups is 1. The summed E-state index contributed by atoms with van der Waals surface area (Å²) in [5, 5.41) is 15.6.